The standard InChI is InChI=1S/C14H12Cl2N2/c15-6-10-5-13(16)14(17-7-10)18-8-11-3-1-2-4-12(11)9-18/h1-5,7H,6,8-9H2. The molecule has 18 heavy (non-hydrogen) atoms. The normalized spacial score (nSPS) is 13.8. The van der Waals surface area contributed by atoms with Gasteiger partial charge in [-0.05, 0) is 22.8 Å². The fraction of sp³-hybridized carbons (Fsp3) is 0.214. The smallest absolute Gasteiger partial charge is 0.147 e. The van der Waals surface area contributed by atoms with E-state index in [-0.39, 0.29) is 0 Å². The van der Waals surface area contributed by atoms with Gasteiger partial charge in [0.05, 0.1) is 5.02 Å². The van der Waals surface area contributed by atoms with Crippen molar-refractivity contribution >= 4 is 29.0 Å². The molecule has 0 unspecified atom stereocenters. The summed E-state index contributed by atoms with van der Waals surface area (Å²) in [4.78, 5) is 6.61. The Kier molecular flexibility index (Phi) is 3.14. The second-order valence-corrected chi connectivity index (χ2v) is 5.08. The van der Waals surface area contributed by atoms with Gasteiger partial charge in [0, 0.05) is 25.2 Å². The first-order valence-corrected chi connectivity index (χ1v) is 6.71. The third-order valence-electron chi connectivity index (χ3n) is 3.17. The quantitative estimate of drug-likeness (QED) is 0.772. The Balaban J connectivity index is 1.90. The van der Waals surface area contributed by atoms with Gasteiger partial charge in [-0.3, -0.25) is 0 Å². The van der Waals surface area contributed by atoms with E-state index in [0.29, 0.717) is 10.9 Å². The summed E-state index contributed by atoms with van der Waals surface area (Å²) in [7, 11) is 0. The molecule has 0 atom stereocenters. The summed E-state index contributed by atoms with van der Waals surface area (Å²) in [5, 5.41) is 0.668. The van der Waals surface area contributed by atoms with Crippen LogP contribution in [-0.2, 0) is 19.0 Å². The van der Waals surface area contributed by atoms with E-state index in [1.807, 2.05) is 6.07 Å². The van der Waals surface area contributed by atoms with Gasteiger partial charge in [-0.1, -0.05) is 35.9 Å². The molecule has 0 saturated carbocycles. The van der Waals surface area contributed by atoms with Crippen molar-refractivity contribution in [2.45, 2.75) is 19.0 Å². The lowest BCUT2D eigenvalue weighted by Gasteiger charge is -2.18. The molecule has 0 spiro atoms. The van der Waals surface area contributed by atoms with Crippen LogP contribution in [0.15, 0.2) is 36.5 Å². The highest BCUT2D eigenvalue weighted by atomic mass is 35.5. The number of anilines is 1. The molecule has 2 nitrogen and oxygen atoms in total. The first-order chi connectivity index (χ1) is 8.78. The number of fused-ring (bicyclic) bond motifs is 1. The van der Waals surface area contributed by atoms with Crippen molar-refractivity contribution < 1.29 is 0 Å². The van der Waals surface area contributed by atoms with Gasteiger partial charge in [-0.15, -0.1) is 11.6 Å². The van der Waals surface area contributed by atoms with Crippen LogP contribution >= 0.6 is 23.2 Å². The molecule has 2 aromatic rings. The Bertz CT molecular complexity index is 559. The van der Waals surface area contributed by atoms with E-state index < -0.39 is 0 Å². The SMILES string of the molecule is ClCc1cnc(N2Cc3ccccc3C2)c(Cl)c1. The lowest BCUT2D eigenvalue weighted by Crippen LogP contribution is -2.16. The molecule has 1 aromatic heterocycles. The molecule has 92 valence electrons. The van der Waals surface area contributed by atoms with Crippen molar-refractivity contribution in [2.75, 3.05) is 4.90 Å². The first kappa shape index (κ1) is 11.8. The summed E-state index contributed by atoms with van der Waals surface area (Å²) >= 11 is 12.0. The van der Waals surface area contributed by atoms with Gasteiger partial charge in [-0.2, -0.15) is 0 Å². The van der Waals surface area contributed by atoms with Crippen LogP contribution in [-0.4, -0.2) is 4.98 Å². The van der Waals surface area contributed by atoms with Crippen LogP contribution in [0.2, 0.25) is 5.02 Å². The number of hydrogen-bond acceptors (Lipinski definition) is 2. The molecular weight excluding hydrogens is 267 g/mol. The van der Waals surface area contributed by atoms with Crippen LogP contribution in [0.25, 0.3) is 0 Å². The highest BCUT2D eigenvalue weighted by Crippen LogP contribution is 2.31. The molecule has 0 aliphatic carbocycles. The summed E-state index contributed by atoms with van der Waals surface area (Å²) in [6.07, 6.45) is 1.79. The molecule has 0 bridgehead atoms. The monoisotopic (exact) mass is 278 g/mol. The molecule has 0 N–H and O–H groups in total. The number of rotatable bonds is 2. The Morgan fingerprint density at radius 3 is 2.39 bits per heavy atom. The largest absolute Gasteiger partial charge is 0.347 e. The number of benzene rings is 1. The third kappa shape index (κ3) is 2.06. The highest BCUT2D eigenvalue weighted by Gasteiger charge is 2.21. The Morgan fingerprint density at radius 1 is 1.17 bits per heavy atom. The molecule has 1 aliphatic heterocycles. The second-order valence-electron chi connectivity index (χ2n) is 4.41. The van der Waals surface area contributed by atoms with Gasteiger partial charge in [0.15, 0.2) is 0 Å². The van der Waals surface area contributed by atoms with E-state index >= 15 is 0 Å². The Morgan fingerprint density at radius 2 is 1.83 bits per heavy atom. The highest BCUT2D eigenvalue weighted by molar-refractivity contribution is 6.33. The summed E-state index contributed by atoms with van der Waals surface area (Å²) in [5.74, 6) is 1.27. The molecule has 0 amide bonds. The molecule has 0 saturated heterocycles. The average Bonchev–Trinajstić information content (AvgIpc) is 2.81. The van der Waals surface area contributed by atoms with Gasteiger partial charge >= 0.3 is 0 Å². The predicted molar refractivity (Wildman–Crippen MR) is 75.1 cm³/mol. The Hall–Kier alpha value is -1.25. The van der Waals surface area contributed by atoms with E-state index in [2.05, 4.69) is 34.1 Å². The first-order valence-electron chi connectivity index (χ1n) is 5.80. The van der Waals surface area contributed by atoms with Gasteiger partial charge in [0.1, 0.15) is 5.82 Å². The van der Waals surface area contributed by atoms with E-state index in [4.69, 9.17) is 23.2 Å². The van der Waals surface area contributed by atoms with E-state index in [0.717, 1.165) is 24.5 Å². The van der Waals surface area contributed by atoms with Crippen molar-refractivity contribution in [1.29, 1.82) is 0 Å². The lowest BCUT2D eigenvalue weighted by molar-refractivity contribution is 0.856. The third-order valence-corrected chi connectivity index (χ3v) is 3.76. The van der Waals surface area contributed by atoms with E-state index in [1.165, 1.54) is 11.1 Å². The summed E-state index contributed by atoms with van der Waals surface area (Å²) < 4.78 is 0. The van der Waals surface area contributed by atoms with Crippen molar-refractivity contribution in [2.24, 2.45) is 0 Å². The van der Waals surface area contributed by atoms with Gasteiger partial charge in [0.2, 0.25) is 0 Å². The van der Waals surface area contributed by atoms with Crippen molar-refractivity contribution in [3.05, 3.63) is 58.2 Å². The van der Waals surface area contributed by atoms with Crippen molar-refractivity contribution in [3.63, 3.8) is 0 Å². The van der Waals surface area contributed by atoms with Crippen LogP contribution in [0.3, 0.4) is 0 Å². The summed E-state index contributed by atoms with van der Waals surface area (Å²) in [6, 6.07) is 10.3. The van der Waals surface area contributed by atoms with E-state index in [9.17, 15) is 0 Å². The van der Waals surface area contributed by atoms with Crippen LogP contribution in [0.5, 0.6) is 0 Å². The van der Waals surface area contributed by atoms with Crippen LogP contribution in [0.4, 0.5) is 5.82 Å². The van der Waals surface area contributed by atoms with Crippen molar-refractivity contribution in [3.8, 4) is 0 Å². The molecule has 4 heteroatoms. The fourth-order valence-corrected chi connectivity index (χ4v) is 2.71. The molecule has 1 aliphatic rings. The number of alkyl halides is 1. The zero-order valence-corrected chi connectivity index (χ0v) is 11.2. The second kappa shape index (κ2) is 4.79. The van der Waals surface area contributed by atoms with Gasteiger partial charge < -0.3 is 4.90 Å². The minimum Gasteiger partial charge on any atom is -0.347 e. The predicted octanol–water partition coefficient (Wildman–Crippen LogP) is 3.99. The minimum absolute atomic E-state index is 0.438. The summed E-state index contributed by atoms with van der Waals surface area (Å²) in [6.45, 7) is 1.73. The molecule has 0 fully saturated rings. The minimum atomic E-state index is 0.438. The van der Waals surface area contributed by atoms with Gasteiger partial charge in [0.25, 0.3) is 0 Å². The van der Waals surface area contributed by atoms with Gasteiger partial charge in [-0.25, -0.2) is 4.98 Å². The van der Waals surface area contributed by atoms with Crippen LogP contribution < -0.4 is 4.90 Å². The van der Waals surface area contributed by atoms with Crippen LogP contribution in [0, 0.1) is 0 Å². The van der Waals surface area contributed by atoms with Crippen molar-refractivity contribution in [1.82, 2.24) is 4.98 Å². The number of hydrogen-bond donors (Lipinski definition) is 0. The number of nitrogens with zero attached hydrogens (tertiary/aromatic N) is 2. The Labute approximate surface area is 116 Å². The topological polar surface area (TPSA) is 16.1 Å². The number of halogens is 2. The zero-order chi connectivity index (χ0) is 12.5. The van der Waals surface area contributed by atoms with E-state index in [1.54, 1.807) is 6.20 Å². The zero-order valence-electron chi connectivity index (χ0n) is 9.74. The molecule has 2 heterocycles. The number of aromatic nitrogens is 1. The maximum Gasteiger partial charge on any atom is 0.147 e. The number of pyridine rings is 1. The molecule has 1 aromatic carbocycles. The molecule has 3 rings (SSSR count). The maximum atomic E-state index is 6.27. The molecular formula is C14H12Cl2N2. The maximum absolute atomic E-state index is 6.27. The summed E-state index contributed by atoms with van der Waals surface area (Å²) in [5.41, 5.74) is 3.63. The lowest BCUT2D eigenvalue weighted by atomic mass is 10.1. The average molecular weight is 279 g/mol. The fourth-order valence-electron chi connectivity index (χ4n) is 2.26. The van der Waals surface area contributed by atoms with Crippen LogP contribution in [0.1, 0.15) is 16.7 Å². The molecule has 0 radical (unpaired) electrons.